The maximum atomic E-state index is 13.3. The van der Waals surface area contributed by atoms with Gasteiger partial charge in [0.15, 0.2) is 4.80 Å². The predicted molar refractivity (Wildman–Crippen MR) is 123 cm³/mol. The zero-order valence-corrected chi connectivity index (χ0v) is 17.7. The third kappa shape index (κ3) is 2.91. The largest absolute Gasteiger partial charge is 0.493 e. The molecule has 0 unspecified atom stereocenters. The van der Waals surface area contributed by atoms with Crippen LogP contribution in [0.4, 0.5) is 5.69 Å². The molecule has 7 nitrogen and oxygen atoms in total. The summed E-state index contributed by atoms with van der Waals surface area (Å²) in [6, 6.07) is 17.1. The van der Waals surface area contributed by atoms with Gasteiger partial charge >= 0.3 is 0 Å². The van der Waals surface area contributed by atoms with E-state index in [1.807, 2.05) is 54.6 Å². The van der Waals surface area contributed by atoms with Crippen molar-refractivity contribution < 1.29 is 5.11 Å². The number of aromatic nitrogens is 3. The monoisotopic (exact) mass is 429 g/mol. The lowest BCUT2D eigenvalue weighted by atomic mass is 10.1. The van der Waals surface area contributed by atoms with Crippen LogP contribution in [0.25, 0.3) is 23.0 Å². The van der Waals surface area contributed by atoms with Crippen LogP contribution in [-0.4, -0.2) is 25.3 Å². The van der Waals surface area contributed by atoms with Gasteiger partial charge in [-0.3, -0.25) is 19.9 Å². The first kappa shape index (κ1) is 19.1. The maximum absolute atomic E-state index is 13.3. The third-order valence-corrected chi connectivity index (χ3v) is 6.33. The number of thiazole rings is 1. The molecule has 3 heterocycles. The Morgan fingerprint density at radius 1 is 1.10 bits per heavy atom. The van der Waals surface area contributed by atoms with E-state index in [4.69, 9.17) is 5.41 Å². The fraction of sp³-hybridized carbons (Fsp3) is 0.0870. The third-order valence-electron chi connectivity index (χ3n) is 5.43. The van der Waals surface area contributed by atoms with Crippen LogP contribution in [0.5, 0.6) is 5.88 Å². The van der Waals surface area contributed by atoms with Crippen LogP contribution in [0.15, 0.2) is 64.4 Å². The number of rotatable bonds is 3. The van der Waals surface area contributed by atoms with Crippen LogP contribution in [0.2, 0.25) is 0 Å². The fourth-order valence-electron chi connectivity index (χ4n) is 3.81. The molecule has 4 aromatic rings. The summed E-state index contributed by atoms with van der Waals surface area (Å²) in [7, 11) is 1.79. The van der Waals surface area contributed by atoms with Crippen molar-refractivity contribution in [3.63, 3.8) is 0 Å². The average Bonchev–Trinajstić information content (AvgIpc) is 3.37. The number of hydrogen-bond acceptors (Lipinski definition) is 5. The number of fused-ring (bicyclic) bond motifs is 1. The Kier molecular flexibility index (Phi) is 4.37. The Morgan fingerprint density at radius 3 is 2.58 bits per heavy atom. The van der Waals surface area contributed by atoms with Gasteiger partial charge in [-0.15, -0.1) is 0 Å². The summed E-state index contributed by atoms with van der Waals surface area (Å²) in [5.74, 6) is -0.133. The first-order valence-electron chi connectivity index (χ1n) is 9.66. The van der Waals surface area contributed by atoms with Crippen molar-refractivity contribution in [1.29, 1.82) is 5.41 Å². The summed E-state index contributed by atoms with van der Waals surface area (Å²) in [6.45, 7) is 1.80. The molecule has 1 aliphatic rings. The molecule has 2 aromatic heterocycles. The highest BCUT2D eigenvalue weighted by Crippen LogP contribution is 2.34. The Morgan fingerprint density at radius 2 is 1.81 bits per heavy atom. The molecule has 0 radical (unpaired) electrons. The Hall–Kier alpha value is -3.91. The summed E-state index contributed by atoms with van der Waals surface area (Å²) < 4.78 is 4.58. The molecular weight excluding hydrogens is 410 g/mol. The molecule has 2 N–H and O–H groups in total. The van der Waals surface area contributed by atoms with Crippen molar-refractivity contribution in [3.8, 4) is 17.3 Å². The Bertz CT molecular complexity index is 1500. The van der Waals surface area contributed by atoms with E-state index in [0.717, 1.165) is 28.2 Å². The summed E-state index contributed by atoms with van der Waals surface area (Å²) in [5, 5.41) is 19.5. The minimum absolute atomic E-state index is 0.0681. The molecule has 1 aliphatic heterocycles. The molecule has 0 saturated heterocycles. The van der Waals surface area contributed by atoms with Gasteiger partial charge in [0.2, 0.25) is 5.88 Å². The second-order valence-electron chi connectivity index (χ2n) is 7.22. The number of benzene rings is 2. The zero-order chi connectivity index (χ0) is 21.7. The van der Waals surface area contributed by atoms with Crippen LogP contribution in [0.3, 0.4) is 0 Å². The Balaban J connectivity index is 1.67. The predicted octanol–water partition coefficient (Wildman–Crippen LogP) is 3.78. The van der Waals surface area contributed by atoms with Crippen LogP contribution >= 0.6 is 11.3 Å². The van der Waals surface area contributed by atoms with Gasteiger partial charge in [-0.1, -0.05) is 47.7 Å². The van der Waals surface area contributed by atoms with Gasteiger partial charge in [0, 0.05) is 24.4 Å². The maximum Gasteiger partial charge on any atom is 0.296 e. The number of nitrogens with one attached hydrogen (secondary N) is 1. The standard InChI is InChI=1S/C23H19N5O2S/c1-14-20(22(30)28(26(14)2)16-8-4-3-5-9-16)27-21(29)19(31-23(27)24)12-15-13-25-18-11-7-6-10-17(15)18/h3-13,24,29H,1-2H3. The molecule has 0 amide bonds. The SMILES string of the molecule is Cc1c(-n2c(O)c(C=C3C=Nc4ccccc43)sc2=N)c(=O)n(-c2ccccc2)n1C. The quantitative estimate of drug-likeness (QED) is 0.519. The van der Waals surface area contributed by atoms with Gasteiger partial charge in [-0.05, 0) is 31.2 Å². The second-order valence-corrected chi connectivity index (χ2v) is 8.25. The van der Waals surface area contributed by atoms with E-state index in [0.29, 0.717) is 16.3 Å². The summed E-state index contributed by atoms with van der Waals surface area (Å²) in [5.41, 5.74) is 4.01. The molecule has 5 rings (SSSR count). The molecule has 0 aliphatic carbocycles. The molecule has 0 spiro atoms. The van der Waals surface area contributed by atoms with E-state index < -0.39 is 0 Å². The van der Waals surface area contributed by atoms with Crippen LogP contribution in [0, 0.1) is 12.3 Å². The van der Waals surface area contributed by atoms with E-state index in [-0.39, 0.29) is 21.9 Å². The normalized spacial score (nSPS) is 13.8. The molecule has 0 saturated carbocycles. The zero-order valence-electron chi connectivity index (χ0n) is 16.9. The number of aliphatic imine (C=N–C) groups is 1. The fourth-order valence-corrected chi connectivity index (χ4v) is 4.66. The van der Waals surface area contributed by atoms with Gasteiger partial charge in [-0.2, -0.15) is 0 Å². The highest BCUT2D eigenvalue weighted by Gasteiger charge is 2.23. The van der Waals surface area contributed by atoms with Gasteiger partial charge in [0.05, 0.1) is 21.9 Å². The number of para-hydroxylation sites is 2. The van der Waals surface area contributed by atoms with Crippen LogP contribution in [0.1, 0.15) is 16.1 Å². The van der Waals surface area contributed by atoms with E-state index in [2.05, 4.69) is 4.99 Å². The number of nitrogens with zero attached hydrogens (tertiary/aromatic N) is 4. The minimum Gasteiger partial charge on any atom is -0.493 e. The molecule has 0 fully saturated rings. The van der Waals surface area contributed by atoms with Crippen LogP contribution in [-0.2, 0) is 7.05 Å². The number of aromatic hydroxyl groups is 1. The van der Waals surface area contributed by atoms with E-state index in [9.17, 15) is 9.90 Å². The van der Waals surface area contributed by atoms with Gasteiger partial charge in [0.1, 0.15) is 5.69 Å². The number of hydrogen-bond donors (Lipinski definition) is 2. The first-order valence-corrected chi connectivity index (χ1v) is 10.5. The highest BCUT2D eigenvalue weighted by molar-refractivity contribution is 7.10. The molecule has 8 heteroatoms. The minimum atomic E-state index is -0.301. The lowest BCUT2D eigenvalue weighted by molar-refractivity contribution is 0.438. The Labute approximate surface area is 181 Å². The number of allylic oxidation sites excluding steroid dienone is 1. The summed E-state index contributed by atoms with van der Waals surface area (Å²) in [6.07, 6.45) is 3.55. The van der Waals surface area contributed by atoms with Crippen molar-refractivity contribution in [2.45, 2.75) is 6.92 Å². The van der Waals surface area contributed by atoms with Crippen LogP contribution < -0.4 is 10.4 Å². The highest BCUT2D eigenvalue weighted by atomic mass is 32.1. The van der Waals surface area contributed by atoms with Gasteiger partial charge in [-0.25, -0.2) is 9.25 Å². The molecule has 31 heavy (non-hydrogen) atoms. The van der Waals surface area contributed by atoms with Crippen molar-refractivity contribution in [2.75, 3.05) is 0 Å². The topological polar surface area (TPSA) is 88.3 Å². The summed E-state index contributed by atoms with van der Waals surface area (Å²) in [4.78, 5) is 18.3. The van der Waals surface area contributed by atoms with E-state index in [1.54, 1.807) is 30.9 Å². The molecule has 0 bridgehead atoms. The average molecular weight is 430 g/mol. The van der Waals surface area contributed by atoms with E-state index >= 15 is 0 Å². The van der Waals surface area contributed by atoms with Crippen molar-refractivity contribution in [1.82, 2.24) is 13.9 Å². The molecule has 0 atom stereocenters. The first-order chi connectivity index (χ1) is 15.0. The molecular formula is C23H19N5O2S. The smallest absolute Gasteiger partial charge is 0.296 e. The lowest BCUT2D eigenvalue weighted by Crippen LogP contribution is -2.23. The molecule has 2 aromatic carbocycles. The van der Waals surface area contributed by atoms with Gasteiger partial charge in [0.25, 0.3) is 5.56 Å². The molecule has 154 valence electrons. The lowest BCUT2D eigenvalue weighted by Gasteiger charge is -2.07. The van der Waals surface area contributed by atoms with Crippen molar-refractivity contribution in [3.05, 3.63) is 85.9 Å². The van der Waals surface area contributed by atoms with Crippen molar-refractivity contribution in [2.24, 2.45) is 12.0 Å². The summed E-state index contributed by atoms with van der Waals surface area (Å²) >= 11 is 1.11. The van der Waals surface area contributed by atoms with Crippen molar-refractivity contribution >= 4 is 34.9 Å². The van der Waals surface area contributed by atoms with E-state index in [1.165, 1.54) is 9.25 Å². The van der Waals surface area contributed by atoms with Gasteiger partial charge < -0.3 is 5.11 Å². The second kappa shape index (κ2) is 7.10.